The average molecular weight is 335 g/mol. The largest absolute Gasteiger partial charge is 0.414 e. The lowest BCUT2D eigenvalue weighted by Crippen LogP contribution is -2.44. The maximum Gasteiger partial charge on any atom is 0.414 e. The number of aromatic nitrogens is 2. The molecule has 8 heteroatoms. The summed E-state index contributed by atoms with van der Waals surface area (Å²) in [5.74, 6) is 0.447. The predicted molar refractivity (Wildman–Crippen MR) is 77.7 cm³/mol. The molecule has 2 unspecified atom stereocenters. The highest BCUT2D eigenvalue weighted by atomic mass is 19.4. The molecule has 0 aliphatic carbocycles. The molecule has 2 rings (SSSR count). The van der Waals surface area contributed by atoms with Crippen molar-refractivity contribution < 1.29 is 22.8 Å². The number of aliphatic hydroxyl groups excluding tert-OH is 1. The molecule has 1 saturated heterocycles. The fraction of sp³-hybridized carbons (Fsp3) is 0.867. The van der Waals surface area contributed by atoms with Crippen molar-refractivity contribution in [2.45, 2.75) is 64.3 Å². The first-order valence-corrected chi connectivity index (χ1v) is 8.14. The summed E-state index contributed by atoms with van der Waals surface area (Å²) in [5.41, 5.74) is 0. The quantitative estimate of drug-likeness (QED) is 0.865. The molecule has 1 aromatic rings. The van der Waals surface area contributed by atoms with Gasteiger partial charge in [0.25, 0.3) is 0 Å². The summed E-state index contributed by atoms with van der Waals surface area (Å²) in [7, 11) is 0. The Kier molecular flexibility index (Phi) is 6.02. The Bertz CT molecular complexity index is 485. The van der Waals surface area contributed by atoms with Crippen molar-refractivity contribution in [2.24, 2.45) is 5.92 Å². The smallest absolute Gasteiger partial charge is 0.383 e. The number of piperidine rings is 1. The van der Waals surface area contributed by atoms with Gasteiger partial charge in [0.05, 0.1) is 6.04 Å². The van der Waals surface area contributed by atoms with Gasteiger partial charge >= 0.3 is 6.18 Å². The molecule has 0 bridgehead atoms. The fourth-order valence-corrected chi connectivity index (χ4v) is 2.92. The van der Waals surface area contributed by atoms with Crippen LogP contribution in [0.1, 0.15) is 57.3 Å². The van der Waals surface area contributed by atoms with Crippen LogP contribution in [0.4, 0.5) is 13.2 Å². The summed E-state index contributed by atoms with van der Waals surface area (Å²) < 4.78 is 43.0. The van der Waals surface area contributed by atoms with Crippen LogP contribution in [0.3, 0.4) is 0 Å². The third kappa shape index (κ3) is 4.67. The summed E-state index contributed by atoms with van der Waals surface area (Å²) >= 11 is 0. The van der Waals surface area contributed by atoms with Crippen molar-refractivity contribution in [1.82, 2.24) is 15.0 Å². The molecule has 0 spiro atoms. The molecule has 132 valence electrons. The van der Waals surface area contributed by atoms with Crippen LogP contribution in [0.5, 0.6) is 0 Å². The van der Waals surface area contributed by atoms with Gasteiger partial charge in [-0.1, -0.05) is 18.5 Å². The minimum atomic E-state index is -4.54. The Hall–Kier alpha value is -1.15. The SMILES string of the molecule is CCCCc1noc(C(C)N2CCC(C(O)C(F)(F)F)CC2)n1. The predicted octanol–water partition coefficient (Wildman–Crippen LogP) is 3.11. The Morgan fingerprint density at radius 2 is 2.00 bits per heavy atom. The second-order valence-electron chi connectivity index (χ2n) is 6.19. The lowest BCUT2D eigenvalue weighted by atomic mass is 9.90. The molecule has 1 aliphatic rings. The fourth-order valence-electron chi connectivity index (χ4n) is 2.92. The number of nitrogens with zero attached hydrogens (tertiary/aromatic N) is 3. The molecule has 0 aromatic carbocycles. The number of halogens is 3. The number of aryl methyl sites for hydroxylation is 1. The minimum absolute atomic E-state index is 0.123. The zero-order valence-electron chi connectivity index (χ0n) is 13.5. The van der Waals surface area contributed by atoms with Crippen LogP contribution in [-0.2, 0) is 6.42 Å². The van der Waals surface area contributed by atoms with E-state index in [1.807, 2.05) is 11.8 Å². The van der Waals surface area contributed by atoms with E-state index in [0.717, 1.165) is 19.3 Å². The number of unbranched alkanes of at least 4 members (excludes halogenated alkanes) is 1. The van der Waals surface area contributed by atoms with Crippen LogP contribution >= 0.6 is 0 Å². The second-order valence-corrected chi connectivity index (χ2v) is 6.19. The molecule has 1 aliphatic heterocycles. The van der Waals surface area contributed by atoms with Crippen LogP contribution in [-0.4, -0.2) is 45.5 Å². The molecule has 0 amide bonds. The van der Waals surface area contributed by atoms with Gasteiger partial charge in [-0.15, -0.1) is 0 Å². The summed E-state index contributed by atoms with van der Waals surface area (Å²) in [4.78, 5) is 6.39. The van der Waals surface area contributed by atoms with Gasteiger partial charge < -0.3 is 9.63 Å². The Morgan fingerprint density at radius 3 is 2.57 bits per heavy atom. The van der Waals surface area contributed by atoms with Crippen LogP contribution in [0, 0.1) is 5.92 Å². The molecule has 5 nitrogen and oxygen atoms in total. The third-order valence-electron chi connectivity index (χ3n) is 4.50. The maximum absolute atomic E-state index is 12.6. The van der Waals surface area contributed by atoms with Crippen LogP contribution < -0.4 is 0 Å². The molecule has 2 heterocycles. The first-order valence-electron chi connectivity index (χ1n) is 8.14. The normalized spacial score (nSPS) is 20.6. The van der Waals surface area contributed by atoms with Gasteiger partial charge in [0.1, 0.15) is 0 Å². The lowest BCUT2D eigenvalue weighted by Gasteiger charge is -2.36. The minimum Gasteiger partial charge on any atom is -0.383 e. The van der Waals surface area contributed by atoms with Crippen molar-refractivity contribution in [3.8, 4) is 0 Å². The van der Waals surface area contributed by atoms with E-state index < -0.39 is 18.2 Å². The van der Waals surface area contributed by atoms with E-state index in [-0.39, 0.29) is 6.04 Å². The number of aliphatic hydroxyl groups is 1. The standard InChI is InChI=1S/C15H24F3N3O2/c1-3-4-5-12-19-14(23-20-12)10(2)21-8-6-11(7-9-21)13(22)15(16,17)18/h10-11,13,22H,3-9H2,1-2H3. The molecule has 0 radical (unpaired) electrons. The Balaban J connectivity index is 1.88. The van der Waals surface area contributed by atoms with Gasteiger partial charge in [0.2, 0.25) is 5.89 Å². The third-order valence-corrected chi connectivity index (χ3v) is 4.50. The molecular weight excluding hydrogens is 311 g/mol. The van der Waals surface area contributed by atoms with Crippen LogP contribution in [0.2, 0.25) is 0 Å². The molecule has 2 atom stereocenters. The average Bonchev–Trinajstić information content (AvgIpc) is 2.99. The van der Waals surface area contributed by atoms with Crippen LogP contribution in [0.15, 0.2) is 4.52 Å². The number of likely N-dealkylation sites (tertiary alicyclic amines) is 1. The van der Waals surface area contributed by atoms with E-state index in [1.165, 1.54) is 0 Å². The molecule has 1 fully saturated rings. The van der Waals surface area contributed by atoms with Gasteiger partial charge in [-0.2, -0.15) is 18.2 Å². The topological polar surface area (TPSA) is 62.4 Å². The molecule has 1 N–H and O–H groups in total. The maximum atomic E-state index is 12.6. The van der Waals surface area contributed by atoms with Crippen molar-refractivity contribution in [3.05, 3.63) is 11.7 Å². The van der Waals surface area contributed by atoms with Crippen molar-refractivity contribution in [2.75, 3.05) is 13.1 Å². The number of hydrogen-bond acceptors (Lipinski definition) is 5. The van der Waals surface area contributed by atoms with E-state index in [4.69, 9.17) is 4.52 Å². The summed E-state index contributed by atoms with van der Waals surface area (Å²) in [6.07, 6.45) is -3.35. The zero-order valence-corrected chi connectivity index (χ0v) is 13.5. The Labute approximate surface area is 133 Å². The number of rotatable bonds is 6. The monoisotopic (exact) mass is 335 g/mol. The highest BCUT2D eigenvalue weighted by Crippen LogP contribution is 2.33. The summed E-state index contributed by atoms with van der Waals surface area (Å²) in [5, 5.41) is 13.3. The van der Waals surface area contributed by atoms with Gasteiger partial charge in [0.15, 0.2) is 11.9 Å². The van der Waals surface area contributed by atoms with Crippen molar-refractivity contribution in [1.29, 1.82) is 0 Å². The van der Waals surface area contributed by atoms with Gasteiger partial charge in [-0.25, -0.2) is 0 Å². The van der Waals surface area contributed by atoms with Gasteiger partial charge in [0, 0.05) is 6.42 Å². The molecule has 1 aromatic heterocycles. The van der Waals surface area contributed by atoms with E-state index >= 15 is 0 Å². The molecule has 23 heavy (non-hydrogen) atoms. The molecular formula is C15H24F3N3O2. The second kappa shape index (κ2) is 7.61. The first kappa shape index (κ1) is 18.2. The van der Waals surface area contributed by atoms with Gasteiger partial charge in [-0.3, -0.25) is 4.90 Å². The van der Waals surface area contributed by atoms with Gasteiger partial charge in [-0.05, 0) is 45.2 Å². The Morgan fingerprint density at radius 1 is 1.35 bits per heavy atom. The summed E-state index contributed by atoms with van der Waals surface area (Å²) in [6, 6.07) is -0.123. The van der Waals surface area contributed by atoms with Crippen molar-refractivity contribution >= 4 is 0 Å². The van der Waals surface area contributed by atoms with E-state index in [9.17, 15) is 18.3 Å². The van der Waals surface area contributed by atoms with E-state index in [0.29, 0.717) is 37.6 Å². The van der Waals surface area contributed by atoms with E-state index in [2.05, 4.69) is 17.1 Å². The number of hydrogen-bond donors (Lipinski definition) is 1. The lowest BCUT2D eigenvalue weighted by molar-refractivity contribution is -0.223. The summed E-state index contributed by atoms with van der Waals surface area (Å²) in [6.45, 7) is 4.96. The van der Waals surface area contributed by atoms with Crippen LogP contribution in [0.25, 0.3) is 0 Å². The first-order chi connectivity index (χ1) is 10.8. The number of alkyl halides is 3. The highest BCUT2D eigenvalue weighted by Gasteiger charge is 2.44. The highest BCUT2D eigenvalue weighted by molar-refractivity contribution is 4.94. The van der Waals surface area contributed by atoms with E-state index in [1.54, 1.807) is 0 Å². The van der Waals surface area contributed by atoms with Crippen molar-refractivity contribution in [3.63, 3.8) is 0 Å². The molecule has 0 saturated carbocycles. The zero-order chi connectivity index (χ0) is 17.0.